The van der Waals surface area contributed by atoms with Crippen LogP contribution < -0.4 is 4.74 Å². The van der Waals surface area contributed by atoms with Gasteiger partial charge in [0.1, 0.15) is 5.75 Å². The second-order valence-electron chi connectivity index (χ2n) is 8.80. The summed E-state index contributed by atoms with van der Waals surface area (Å²) in [5, 5.41) is 10.2. The lowest BCUT2D eigenvalue weighted by atomic mass is 9.72. The van der Waals surface area contributed by atoms with Gasteiger partial charge in [-0.3, -0.25) is 0 Å². The van der Waals surface area contributed by atoms with Crippen molar-refractivity contribution >= 4 is 0 Å². The van der Waals surface area contributed by atoms with Crippen LogP contribution in [0.4, 0.5) is 0 Å². The van der Waals surface area contributed by atoms with Crippen molar-refractivity contribution in [3.63, 3.8) is 0 Å². The van der Waals surface area contributed by atoms with E-state index in [1.54, 1.807) is 7.11 Å². The van der Waals surface area contributed by atoms with E-state index in [1.165, 1.54) is 36.8 Å². The Kier molecular flexibility index (Phi) is 5.75. The number of aliphatic hydroxyl groups is 1. The smallest absolute Gasteiger partial charge is 0.118 e. The number of nitrogens with zero attached hydrogens (tertiary/aromatic N) is 1. The summed E-state index contributed by atoms with van der Waals surface area (Å²) in [6, 6.07) is 19.4. The minimum atomic E-state index is -0.0687. The van der Waals surface area contributed by atoms with Crippen LogP contribution in [0.5, 0.6) is 5.75 Å². The first-order valence-corrected chi connectivity index (χ1v) is 10.7. The predicted molar refractivity (Wildman–Crippen MR) is 114 cm³/mol. The third kappa shape index (κ3) is 3.70. The predicted octanol–water partition coefficient (Wildman–Crippen LogP) is 4.53. The summed E-state index contributed by atoms with van der Waals surface area (Å²) in [5.41, 5.74) is 2.97. The van der Waals surface area contributed by atoms with E-state index >= 15 is 0 Å². The molecule has 28 heavy (non-hydrogen) atoms. The van der Waals surface area contributed by atoms with E-state index in [1.807, 2.05) is 0 Å². The van der Waals surface area contributed by atoms with Gasteiger partial charge in [0, 0.05) is 17.4 Å². The molecule has 0 atom stereocenters. The Balaban J connectivity index is 1.47. The highest BCUT2D eigenvalue weighted by Gasteiger charge is 2.41. The van der Waals surface area contributed by atoms with Crippen LogP contribution in [0.2, 0.25) is 0 Å². The fourth-order valence-corrected chi connectivity index (χ4v) is 5.43. The summed E-state index contributed by atoms with van der Waals surface area (Å²) >= 11 is 0. The monoisotopic (exact) mass is 379 g/mol. The van der Waals surface area contributed by atoms with E-state index in [2.05, 4.69) is 59.5 Å². The maximum absolute atomic E-state index is 10.2. The molecule has 3 nitrogen and oxygen atoms in total. The first-order chi connectivity index (χ1) is 13.7. The van der Waals surface area contributed by atoms with Gasteiger partial charge in [-0.05, 0) is 62.0 Å². The van der Waals surface area contributed by atoms with Crippen LogP contribution in [0.25, 0.3) is 0 Å². The van der Waals surface area contributed by atoms with Gasteiger partial charge in [0.25, 0.3) is 0 Å². The Morgan fingerprint density at radius 3 is 2.00 bits per heavy atom. The highest BCUT2D eigenvalue weighted by atomic mass is 16.5. The molecule has 1 N–H and O–H groups in total. The normalized spacial score (nSPS) is 21.5. The lowest BCUT2D eigenvalue weighted by Gasteiger charge is -2.44. The number of benzene rings is 2. The quantitative estimate of drug-likeness (QED) is 0.800. The van der Waals surface area contributed by atoms with Crippen LogP contribution in [0, 0.1) is 0 Å². The number of hydrogen-bond donors (Lipinski definition) is 1. The van der Waals surface area contributed by atoms with Crippen molar-refractivity contribution in [2.24, 2.45) is 0 Å². The molecule has 3 heteroatoms. The Hall–Kier alpha value is -1.84. The Morgan fingerprint density at radius 1 is 0.821 bits per heavy atom. The molecule has 4 rings (SSSR count). The average Bonchev–Trinajstić information content (AvgIpc) is 3.25. The van der Waals surface area contributed by atoms with Crippen molar-refractivity contribution in [3.05, 3.63) is 65.7 Å². The van der Waals surface area contributed by atoms with Crippen LogP contribution in [0.15, 0.2) is 54.6 Å². The molecule has 2 aliphatic rings. The SMILES string of the molecule is COc1ccc(C2(CN3CCC(CO)(c4ccccc4)CC3)CCCC2)cc1. The Labute approximate surface area is 169 Å². The minimum Gasteiger partial charge on any atom is -0.497 e. The van der Waals surface area contributed by atoms with Gasteiger partial charge in [0.2, 0.25) is 0 Å². The van der Waals surface area contributed by atoms with Crippen molar-refractivity contribution in [1.29, 1.82) is 0 Å². The topological polar surface area (TPSA) is 32.7 Å². The fourth-order valence-electron chi connectivity index (χ4n) is 5.43. The number of hydrogen-bond acceptors (Lipinski definition) is 3. The zero-order valence-electron chi connectivity index (χ0n) is 17.1. The largest absolute Gasteiger partial charge is 0.497 e. The summed E-state index contributed by atoms with van der Waals surface area (Å²) in [4.78, 5) is 2.65. The van der Waals surface area contributed by atoms with E-state index in [4.69, 9.17) is 4.74 Å². The van der Waals surface area contributed by atoms with Crippen LogP contribution >= 0.6 is 0 Å². The second kappa shape index (κ2) is 8.26. The summed E-state index contributed by atoms with van der Waals surface area (Å²) in [7, 11) is 1.73. The molecule has 0 unspecified atom stereocenters. The molecule has 2 aromatic rings. The van der Waals surface area contributed by atoms with E-state index in [0.717, 1.165) is 38.2 Å². The van der Waals surface area contributed by atoms with Gasteiger partial charge in [0.05, 0.1) is 13.7 Å². The number of methoxy groups -OCH3 is 1. The zero-order chi connectivity index (χ0) is 19.5. The highest BCUT2D eigenvalue weighted by Crippen LogP contribution is 2.44. The van der Waals surface area contributed by atoms with Gasteiger partial charge in [-0.25, -0.2) is 0 Å². The summed E-state index contributed by atoms with van der Waals surface area (Å²) in [5.74, 6) is 0.936. The molecule has 150 valence electrons. The van der Waals surface area contributed by atoms with Crippen molar-refractivity contribution in [1.82, 2.24) is 4.90 Å². The highest BCUT2D eigenvalue weighted by molar-refractivity contribution is 5.34. The first-order valence-electron chi connectivity index (χ1n) is 10.7. The molecular weight excluding hydrogens is 346 g/mol. The second-order valence-corrected chi connectivity index (χ2v) is 8.80. The zero-order valence-corrected chi connectivity index (χ0v) is 17.1. The Morgan fingerprint density at radius 2 is 1.43 bits per heavy atom. The summed E-state index contributed by atoms with van der Waals surface area (Å²) < 4.78 is 5.36. The van der Waals surface area contributed by atoms with Crippen molar-refractivity contribution < 1.29 is 9.84 Å². The molecule has 0 radical (unpaired) electrons. The van der Waals surface area contributed by atoms with Gasteiger partial charge < -0.3 is 14.7 Å². The minimum absolute atomic E-state index is 0.0687. The fraction of sp³-hybridized carbons (Fsp3) is 0.520. The van der Waals surface area contributed by atoms with Crippen LogP contribution in [-0.4, -0.2) is 43.4 Å². The lowest BCUT2D eigenvalue weighted by molar-refractivity contribution is 0.0864. The summed E-state index contributed by atoms with van der Waals surface area (Å²) in [6.45, 7) is 3.50. The van der Waals surface area contributed by atoms with Crippen LogP contribution in [0.3, 0.4) is 0 Å². The average molecular weight is 380 g/mol. The Bertz CT molecular complexity index is 742. The van der Waals surface area contributed by atoms with Crippen LogP contribution in [-0.2, 0) is 10.8 Å². The number of piperidine rings is 1. The molecule has 1 aliphatic carbocycles. The number of ether oxygens (including phenoxy) is 1. The van der Waals surface area contributed by atoms with Crippen LogP contribution in [0.1, 0.15) is 49.7 Å². The third-order valence-corrected chi connectivity index (χ3v) is 7.29. The molecule has 0 aromatic heterocycles. The van der Waals surface area contributed by atoms with Gasteiger partial charge in [0.15, 0.2) is 0 Å². The maximum atomic E-state index is 10.2. The van der Waals surface area contributed by atoms with Crippen molar-refractivity contribution in [2.45, 2.75) is 49.4 Å². The number of likely N-dealkylation sites (tertiary alicyclic amines) is 1. The lowest BCUT2D eigenvalue weighted by Crippen LogP contribution is -2.48. The molecule has 0 bridgehead atoms. The van der Waals surface area contributed by atoms with Crippen molar-refractivity contribution in [2.75, 3.05) is 33.4 Å². The van der Waals surface area contributed by atoms with E-state index in [9.17, 15) is 5.11 Å². The molecule has 0 amide bonds. The summed E-state index contributed by atoms with van der Waals surface area (Å²) in [6.07, 6.45) is 7.27. The number of rotatable bonds is 6. The van der Waals surface area contributed by atoms with Gasteiger partial charge in [-0.2, -0.15) is 0 Å². The van der Waals surface area contributed by atoms with Gasteiger partial charge in [-0.1, -0.05) is 55.3 Å². The molecule has 0 spiro atoms. The molecular formula is C25H33NO2. The van der Waals surface area contributed by atoms with Crippen molar-refractivity contribution in [3.8, 4) is 5.75 Å². The molecule has 1 saturated carbocycles. The van der Waals surface area contributed by atoms with E-state index in [-0.39, 0.29) is 17.4 Å². The standard InChI is InChI=1S/C25H33NO2/c1-28-23-11-9-22(10-12-23)24(13-5-6-14-24)19-26-17-15-25(20-27,16-18-26)21-7-3-2-4-8-21/h2-4,7-12,27H,5-6,13-20H2,1H3. The van der Waals surface area contributed by atoms with E-state index < -0.39 is 0 Å². The first kappa shape index (κ1) is 19.5. The van der Waals surface area contributed by atoms with Gasteiger partial charge >= 0.3 is 0 Å². The maximum Gasteiger partial charge on any atom is 0.118 e. The molecule has 1 aliphatic heterocycles. The van der Waals surface area contributed by atoms with Gasteiger partial charge in [-0.15, -0.1) is 0 Å². The number of aliphatic hydroxyl groups excluding tert-OH is 1. The molecule has 2 fully saturated rings. The molecule has 1 saturated heterocycles. The molecule has 1 heterocycles. The third-order valence-electron chi connectivity index (χ3n) is 7.29. The molecule has 2 aromatic carbocycles. The van der Waals surface area contributed by atoms with E-state index in [0.29, 0.717) is 0 Å².